The zero-order chi connectivity index (χ0) is 19.8. The quantitative estimate of drug-likeness (QED) is 0.484. The molecule has 6 nitrogen and oxygen atoms in total. The maximum Gasteiger partial charge on any atom is 0.255 e. The maximum atomic E-state index is 10.8. The lowest BCUT2D eigenvalue weighted by Gasteiger charge is -2.19. The number of carbonyl (C=O) groups is 1. The van der Waals surface area contributed by atoms with E-state index in [1.165, 1.54) is 0 Å². The Morgan fingerprint density at radius 3 is 2.70 bits per heavy atom. The topological polar surface area (TPSA) is 88.7 Å². The van der Waals surface area contributed by atoms with Crippen LogP contribution in [0.4, 0.5) is 0 Å². The molecule has 0 spiro atoms. The Balaban J connectivity index is 1.95. The molecule has 0 aliphatic rings. The summed E-state index contributed by atoms with van der Waals surface area (Å²) in [5.41, 5.74) is 6.98. The number of rotatable bonds is 7. The number of amides is 1. The van der Waals surface area contributed by atoms with E-state index in [2.05, 4.69) is 15.6 Å². The van der Waals surface area contributed by atoms with Gasteiger partial charge in [-0.05, 0) is 42.3 Å². The van der Waals surface area contributed by atoms with Gasteiger partial charge in [0.05, 0.1) is 6.04 Å². The Morgan fingerprint density at radius 1 is 1.26 bits per heavy atom. The van der Waals surface area contributed by atoms with Gasteiger partial charge in [-0.25, -0.2) is 0 Å². The lowest BCUT2D eigenvalue weighted by molar-refractivity contribution is -0.119. The first-order valence-electron chi connectivity index (χ1n) is 8.31. The third-order valence-corrected chi connectivity index (χ3v) is 4.31. The second kappa shape index (κ2) is 10.0. The van der Waals surface area contributed by atoms with E-state index in [1.54, 1.807) is 25.2 Å². The minimum atomic E-state index is -0.516. The minimum Gasteiger partial charge on any atom is -0.484 e. The summed E-state index contributed by atoms with van der Waals surface area (Å²) in [6.45, 7) is 2.36. The molecule has 1 atom stereocenters. The third kappa shape index (κ3) is 6.66. The summed E-state index contributed by atoms with van der Waals surface area (Å²) in [5.74, 6) is 0.687. The van der Waals surface area contributed by atoms with Gasteiger partial charge in [0.25, 0.3) is 5.91 Å². The highest BCUT2D eigenvalue weighted by atomic mass is 35.5. The smallest absolute Gasteiger partial charge is 0.255 e. The molecule has 2 aromatic rings. The Kier molecular flexibility index (Phi) is 7.76. The molecule has 0 heterocycles. The summed E-state index contributed by atoms with van der Waals surface area (Å²) in [7, 11) is 1.69. The van der Waals surface area contributed by atoms with Crippen molar-refractivity contribution < 1.29 is 9.53 Å². The normalized spacial score (nSPS) is 12.4. The van der Waals surface area contributed by atoms with Crippen LogP contribution >= 0.6 is 23.2 Å². The standard InChI is InChI=1S/C19H22Cl2N4O2/c1-12(16-7-6-14(20)9-17(16)21)25-19(23-2)24-10-13-4-3-5-15(8-13)27-11-18(22)26/h3-9,12H,10-11H2,1-2H3,(H2,22,26)(H2,23,24,25). The highest BCUT2D eigenvalue weighted by Gasteiger charge is 2.12. The lowest BCUT2D eigenvalue weighted by atomic mass is 10.1. The van der Waals surface area contributed by atoms with Crippen LogP contribution in [0.3, 0.4) is 0 Å². The van der Waals surface area contributed by atoms with E-state index in [0.29, 0.717) is 28.3 Å². The summed E-state index contributed by atoms with van der Waals surface area (Å²) in [6, 6.07) is 12.7. The highest BCUT2D eigenvalue weighted by Crippen LogP contribution is 2.26. The number of nitrogens with one attached hydrogen (secondary N) is 2. The van der Waals surface area contributed by atoms with Crippen molar-refractivity contribution in [2.75, 3.05) is 13.7 Å². The van der Waals surface area contributed by atoms with Gasteiger partial charge in [-0.15, -0.1) is 0 Å². The van der Waals surface area contributed by atoms with E-state index in [1.807, 2.05) is 31.2 Å². The van der Waals surface area contributed by atoms with Gasteiger partial charge in [-0.3, -0.25) is 9.79 Å². The molecule has 27 heavy (non-hydrogen) atoms. The average molecular weight is 409 g/mol. The number of hydrogen-bond donors (Lipinski definition) is 3. The van der Waals surface area contributed by atoms with Crippen LogP contribution in [-0.4, -0.2) is 25.5 Å². The predicted octanol–water partition coefficient (Wildman–Crippen LogP) is 3.28. The zero-order valence-corrected chi connectivity index (χ0v) is 16.6. The molecule has 1 amide bonds. The fourth-order valence-corrected chi connectivity index (χ4v) is 2.99. The molecular weight excluding hydrogens is 387 g/mol. The molecule has 2 rings (SSSR count). The van der Waals surface area contributed by atoms with Crippen LogP contribution in [0, 0.1) is 0 Å². The van der Waals surface area contributed by atoms with Crippen LogP contribution < -0.4 is 21.1 Å². The molecule has 1 unspecified atom stereocenters. The zero-order valence-electron chi connectivity index (χ0n) is 15.1. The Bertz CT molecular complexity index is 827. The second-order valence-electron chi connectivity index (χ2n) is 5.86. The van der Waals surface area contributed by atoms with Crippen molar-refractivity contribution in [2.45, 2.75) is 19.5 Å². The van der Waals surface area contributed by atoms with Crippen molar-refractivity contribution >= 4 is 35.1 Å². The fraction of sp³-hybridized carbons (Fsp3) is 0.263. The molecule has 0 radical (unpaired) electrons. The molecule has 0 saturated carbocycles. The van der Waals surface area contributed by atoms with Gasteiger partial charge in [0, 0.05) is 23.6 Å². The van der Waals surface area contributed by atoms with Crippen LogP contribution in [-0.2, 0) is 11.3 Å². The number of primary amides is 1. The number of hydrogen-bond acceptors (Lipinski definition) is 3. The van der Waals surface area contributed by atoms with Gasteiger partial charge in [0.15, 0.2) is 12.6 Å². The van der Waals surface area contributed by atoms with E-state index in [4.69, 9.17) is 33.7 Å². The van der Waals surface area contributed by atoms with Crippen molar-refractivity contribution in [3.05, 3.63) is 63.6 Å². The first-order chi connectivity index (χ1) is 12.9. The summed E-state index contributed by atoms with van der Waals surface area (Å²) >= 11 is 12.2. The summed E-state index contributed by atoms with van der Waals surface area (Å²) in [6.07, 6.45) is 0. The van der Waals surface area contributed by atoms with Gasteiger partial charge in [0.1, 0.15) is 5.75 Å². The molecule has 0 aliphatic carbocycles. The number of nitrogens with zero attached hydrogens (tertiary/aromatic N) is 1. The lowest BCUT2D eigenvalue weighted by Crippen LogP contribution is -2.38. The molecule has 0 saturated heterocycles. The average Bonchev–Trinajstić information content (AvgIpc) is 2.63. The Morgan fingerprint density at radius 2 is 2.04 bits per heavy atom. The molecular formula is C19H22Cl2N4O2. The Labute approximate surface area is 168 Å². The summed E-state index contributed by atoms with van der Waals surface area (Å²) in [4.78, 5) is 15.0. The second-order valence-corrected chi connectivity index (χ2v) is 6.70. The minimum absolute atomic E-state index is 0.0637. The third-order valence-electron chi connectivity index (χ3n) is 3.75. The van der Waals surface area contributed by atoms with E-state index in [9.17, 15) is 4.79 Å². The molecule has 4 N–H and O–H groups in total. The SMILES string of the molecule is CN=C(NCc1cccc(OCC(N)=O)c1)NC(C)c1ccc(Cl)cc1Cl. The van der Waals surface area contributed by atoms with Gasteiger partial charge in [-0.2, -0.15) is 0 Å². The van der Waals surface area contributed by atoms with E-state index >= 15 is 0 Å². The highest BCUT2D eigenvalue weighted by molar-refractivity contribution is 6.35. The summed E-state index contributed by atoms with van der Waals surface area (Å²) in [5, 5.41) is 7.71. The first kappa shape index (κ1) is 20.9. The number of benzene rings is 2. The van der Waals surface area contributed by atoms with E-state index < -0.39 is 5.91 Å². The number of guanidine groups is 1. The monoisotopic (exact) mass is 408 g/mol. The number of ether oxygens (including phenoxy) is 1. The van der Waals surface area contributed by atoms with Crippen LogP contribution in [0.5, 0.6) is 5.75 Å². The number of halogens is 2. The van der Waals surface area contributed by atoms with E-state index in [-0.39, 0.29) is 12.6 Å². The molecule has 0 aliphatic heterocycles. The van der Waals surface area contributed by atoms with Gasteiger partial charge in [-0.1, -0.05) is 41.4 Å². The number of carbonyl (C=O) groups excluding carboxylic acids is 1. The van der Waals surface area contributed by atoms with Crippen molar-refractivity contribution in [1.82, 2.24) is 10.6 Å². The number of nitrogens with two attached hydrogens (primary N) is 1. The molecule has 0 bridgehead atoms. The molecule has 0 aromatic heterocycles. The molecule has 144 valence electrons. The van der Waals surface area contributed by atoms with Gasteiger partial charge < -0.3 is 21.1 Å². The molecule has 0 fully saturated rings. The van der Waals surface area contributed by atoms with Crippen LogP contribution in [0.1, 0.15) is 24.1 Å². The van der Waals surface area contributed by atoms with Crippen LogP contribution in [0.15, 0.2) is 47.5 Å². The molecule has 8 heteroatoms. The van der Waals surface area contributed by atoms with Crippen molar-refractivity contribution in [1.29, 1.82) is 0 Å². The Hall–Kier alpha value is -2.44. The molecule has 2 aromatic carbocycles. The van der Waals surface area contributed by atoms with Crippen molar-refractivity contribution in [3.8, 4) is 5.75 Å². The first-order valence-corrected chi connectivity index (χ1v) is 9.07. The van der Waals surface area contributed by atoms with Gasteiger partial charge in [0.2, 0.25) is 0 Å². The summed E-state index contributed by atoms with van der Waals surface area (Å²) < 4.78 is 5.31. The van der Waals surface area contributed by atoms with Crippen molar-refractivity contribution in [2.24, 2.45) is 10.7 Å². The predicted molar refractivity (Wildman–Crippen MR) is 109 cm³/mol. The van der Waals surface area contributed by atoms with Crippen LogP contribution in [0.2, 0.25) is 10.0 Å². The van der Waals surface area contributed by atoms with E-state index in [0.717, 1.165) is 11.1 Å². The van der Waals surface area contributed by atoms with Crippen molar-refractivity contribution in [3.63, 3.8) is 0 Å². The fourth-order valence-electron chi connectivity index (χ4n) is 2.42. The van der Waals surface area contributed by atoms with Crippen LogP contribution in [0.25, 0.3) is 0 Å². The maximum absolute atomic E-state index is 10.8. The van der Waals surface area contributed by atoms with Gasteiger partial charge >= 0.3 is 0 Å². The largest absolute Gasteiger partial charge is 0.484 e. The number of aliphatic imine (C=N–C) groups is 1.